The van der Waals surface area contributed by atoms with E-state index in [1.165, 1.54) is 9.36 Å². The summed E-state index contributed by atoms with van der Waals surface area (Å²) in [4.78, 5) is 12.2. The van der Waals surface area contributed by atoms with Gasteiger partial charge < -0.3 is 0 Å². The van der Waals surface area contributed by atoms with Crippen molar-refractivity contribution in [3.8, 4) is 5.69 Å². The molecular weight excluding hydrogens is 266 g/mol. The van der Waals surface area contributed by atoms with Crippen molar-refractivity contribution < 1.29 is 8.42 Å². The van der Waals surface area contributed by atoms with E-state index < -0.39 is 10.0 Å². The molecule has 0 aliphatic heterocycles. The summed E-state index contributed by atoms with van der Waals surface area (Å²) >= 11 is 0. The summed E-state index contributed by atoms with van der Waals surface area (Å²) in [6, 6.07) is 9.04. The van der Waals surface area contributed by atoms with Crippen LogP contribution in [0.3, 0.4) is 0 Å². The van der Waals surface area contributed by atoms with Crippen LogP contribution in [0.1, 0.15) is 5.56 Å². The summed E-state index contributed by atoms with van der Waals surface area (Å²) in [6.07, 6.45) is 1.05. The number of hydrogen-bond acceptors (Lipinski definition) is 3. The van der Waals surface area contributed by atoms with Crippen molar-refractivity contribution in [2.24, 2.45) is 7.05 Å². The van der Waals surface area contributed by atoms with Gasteiger partial charge in [0.15, 0.2) is 0 Å². The third kappa shape index (κ3) is 2.55. The van der Waals surface area contributed by atoms with Gasteiger partial charge in [-0.2, -0.15) is 0 Å². The van der Waals surface area contributed by atoms with Gasteiger partial charge in [0.25, 0.3) is 5.56 Å². The Balaban J connectivity index is 2.66. The summed E-state index contributed by atoms with van der Waals surface area (Å²) in [6.45, 7) is 1.59. The third-order valence-corrected chi connectivity index (χ3v) is 3.34. The first kappa shape index (κ1) is 13.4. The normalized spacial score (nSPS) is 11.5. The highest BCUT2D eigenvalue weighted by Gasteiger charge is 2.17. The Labute approximate surface area is 111 Å². The molecule has 1 heterocycles. The molecule has 2 aromatic rings. The number of nitrogens with zero attached hydrogens (tertiary/aromatic N) is 2. The Morgan fingerprint density at radius 2 is 1.74 bits per heavy atom. The molecule has 7 heteroatoms. The van der Waals surface area contributed by atoms with Gasteiger partial charge >= 0.3 is 0 Å². The zero-order valence-corrected chi connectivity index (χ0v) is 11.7. The van der Waals surface area contributed by atoms with Crippen LogP contribution in [-0.4, -0.2) is 24.0 Å². The molecule has 6 nitrogen and oxygen atoms in total. The van der Waals surface area contributed by atoms with Crippen molar-refractivity contribution >= 4 is 15.8 Å². The molecule has 0 bridgehead atoms. The maximum Gasteiger partial charge on any atom is 0.276 e. The first-order chi connectivity index (χ1) is 8.81. The Morgan fingerprint density at radius 1 is 1.16 bits per heavy atom. The molecule has 0 atom stereocenters. The van der Waals surface area contributed by atoms with Crippen LogP contribution < -0.4 is 10.3 Å². The lowest BCUT2D eigenvalue weighted by molar-refractivity contribution is 0.604. The van der Waals surface area contributed by atoms with Crippen LogP contribution in [0, 0.1) is 6.92 Å². The zero-order chi connectivity index (χ0) is 14.2. The van der Waals surface area contributed by atoms with Gasteiger partial charge in [-0.3, -0.25) is 14.2 Å². The SMILES string of the molecule is Cc1c(NS(C)(=O)=O)n(C)n(-c2ccccc2)c1=O. The van der Waals surface area contributed by atoms with Gasteiger partial charge in [-0.1, -0.05) is 18.2 Å². The molecule has 0 spiro atoms. The van der Waals surface area contributed by atoms with E-state index in [1.54, 1.807) is 26.1 Å². The fourth-order valence-electron chi connectivity index (χ4n) is 1.92. The maximum atomic E-state index is 12.2. The van der Waals surface area contributed by atoms with E-state index in [2.05, 4.69) is 4.72 Å². The van der Waals surface area contributed by atoms with Crippen molar-refractivity contribution in [3.63, 3.8) is 0 Å². The van der Waals surface area contributed by atoms with Crippen LogP contribution >= 0.6 is 0 Å². The second-order valence-electron chi connectivity index (χ2n) is 4.32. The molecule has 1 N–H and O–H groups in total. The smallest absolute Gasteiger partial charge is 0.267 e. The summed E-state index contributed by atoms with van der Waals surface area (Å²) in [5.74, 6) is 0.274. The zero-order valence-electron chi connectivity index (χ0n) is 10.9. The number of sulfonamides is 1. The van der Waals surface area contributed by atoms with E-state index in [4.69, 9.17) is 0 Å². The van der Waals surface area contributed by atoms with E-state index in [1.807, 2.05) is 18.2 Å². The highest BCUT2D eigenvalue weighted by molar-refractivity contribution is 7.92. The number of rotatable bonds is 3. The minimum atomic E-state index is -3.43. The van der Waals surface area contributed by atoms with Crippen LogP contribution in [0.15, 0.2) is 35.1 Å². The Hall–Kier alpha value is -2.02. The van der Waals surface area contributed by atoms with Crippen molar-refractivity contribution in [2.45, 2.75) is 6.92 Å². The molecule has 102 valence electrons. The molecule has 0 unspecified atom stereocenters. The molecule has 1 aromatic carbocycles. The molecule has 0 saturated heterocycles. The van der Waals surface area contributed by atoms with E-state index in [0.717, 1.165) is 6.26 Å². The third-order valence-electron chi connectivity index (χ3n) is 2.77. The molecule has 0 amide bonds. The van der Waals surface area contributed by atoms with Gasteiger partial charge in [-0.15, -0.1) is 0 Å². The quantitative estimate of drug-likeness (QED) is 0.906. The van der Waals surface area contributed by atoms with Gasteiger partial charge in [0.05, 0.1) is 17.5 Å². The largest absolute Gasteiger partial charge is 0.276 e. The van der Waals surface area contributed by atoms with Crippen molar-refractivity contribution in [1.82, 2.24) is 9.36 Å². The van der Waals surface area contributed by atoms with E-state index in [-0.39, 0.29) is 11.4 Å². The van der Waals surface area contributed by atoms with Crippen LogP contribution in [0.5, 0.6) is 0 Å². The average molecular weight is 281 g/mol. The number of aromatic nitrogens is 2. The maximum absolute atomic E-state index is 12.2. The molecule has 0 aliphatic carbocycles. The average Bonchev–Trinajstić information content (AvgIpc) is 2.53. The first-order valence-corrected chi connectivity index (χ1v) is 7.52. The molecule has 0 aliphatic rings. The summed E-state index contributed by atoms with van der Waals surface area (Å²) in [5, 5.41) is 0. The fraction of sp³-hybridized carbons (Fsp3) is 0.250. The Morgan fingerprint density at radius 3 is 2.26 bits per heavy atom. The van der Waals surface area contributed by atoms with Gasteiger partial charge in [0.1, 0.15) is 5.82 Å². The Bertz CT molecular complexity index is 758. The van der Waals surface area contributed by atoms with E-state index in [0.29, 0.717) is 11.3 Å². The van der Waals surface area contributed by atoms with Crippen molar-refractivity contribution in [2.75, 3.05) is 11.0 Å². The van der Waals surface area contributed by atoms with Crippen LogP contribution in [0.4, 0.5) is 5.82 Å². The molecule has 1 aromatic heterocycles. The fourth-order valence-corrected chi connectivity index (χ4v) is 2.55. The predicted molar refractivity (Wildman–Crippen MR) is 74.2 cm³/mol. The summed E-state index contributed by atoms with van der Waals surface area (Å²) in [7, 11) is -1.80. The monoisotopic (exact) mass is 281 g/mol. The first-order valence-electron chi connectivity index (χ1n) is 5.63. The van der Waals surface area contributed by atoms with Gasteiger partial charge in [0.2, 0.25) is 10.0 Å². The van der Waals surface area contributed by atoms with Gasteiger partial charge in [-0.25, -0.2) is 13.1 Å². The standard InChI is InChI=1S/C12H15N3O3S/c1-9-11(13-19(3,17)18)14(2)15(12(9)16)10-7-5-4-6-8-10/h4-8,13H,1-3H3. The van der Waals surface area contributed by atoms with E-state index >= 15 is 0 Å². The van der Waals surface area contributed by atoms with Crippen molar-refractivity contribution in [1.29, 1.82) is 0 Å². The molecular formula is C12H15N3O3S. The highest BCUT2D eigenvalue weighted by atomic mass is 32.2. The van der Waals surface area contributed by atoms with Gasteiger partial charge in [-0.05, 0) is 19.1 Å². The number of benzene rings is 1. The van der Waals surface area contributed by atoms with E-state index in [9.17, 15) is 13.2 Å². The second-order valence-corrected chi connectivity index (χ2v) is 6.07. The lowest BCUT2D eigenvalue weighted by Crippen LogP contribution is -2.20. The molecule has 19 heavy (non-hydrogen) atoms. The predicted octanol–water partition coefficient (Wildman–Crippen LogP) is 0.856. The Kier molecular flexibility index (Phi) is 3.23. The van der Waals surface area contributed by atoms with Crippen LogP contribution in [-0.2, 0) is 17.1 Å². The van der Waals surface area contributed by atoms with Crippen molar-refractivity contribution in [3.05, 3.63) is 46.2 Å². The van der Waals surface area contributed by atoms with Crippen LogP contribution in [0.2, 0.25) is 0 Å². The number of anilines is 1. The minimum absolute atomic E-state index is 0.250. The topological polar surface area (TPSA) is 73.1 Å². The van der Waals surface area contributed by atoms with Gasteiger partial charge in [0, 0.05) is 7.05 Å². The summed E-state index contributed by atoms with van der Waals surface area (Å²) in [5.41, 5.74) is 0.788. The second kappa shape index (κ2) is 4.58. The lowest BCUT2D eigenvalue weighted by atomic mass is 10.3. The minimum Gasteiger partial charge on any atom is -0.267 e. The lowest BCUT2D eigenvalue weighted by Gasteiger charge is -2.10. The molecule has 0 saturated carbocycles. The van der Waals surface area contributed by atoms with Crippen LogP contribution in [0.25, 0.3) is 5.69 Å². The number of para-hydroxylation sites is 1. The number of hydrogen-bond donors (Lipinski definition) is 1. The molecule has 0 radical (unpaired) electrons. The summed E-state index contributed by atoms with van der Waals surface area (Å²) < 4.78 is 27.9. The number of nitrogens with one attached hydrogen (secondary N) is 1. The molecule has 2 rings (SSSR count). The molecule has 0 fully saturated rings. The highest BCUT2D eigenvalue weighted by Crippen LogP contribution is 2.15.